The van der Waals surface area contributed by atoms with Gasteiger partial charge >= 0.3 is 11.8 Å². The van der Waals surface area contributed by atoms with Crippen molar-refractivity contribution in [3.63, 3.8) is 0 Å². The van der Waals surface area contributed by atoms with E-state index in [0.29, 0.717) is 19.3 Å². The summed E-state index contributed by atoms with van der Waals surface area (Å²) < 4.78 is 28.8. The van der Waals surface area contributed by atoms with Crippen LogP contribution in [0.1, 0.15) is 47.0 Å². The molecule has 2 saturated heterocycles. The summed E-state index contributed by atoms with van der Waals surface area (Å²) >= 11 is 0. The summed E-state index contributed by atoms with van der Waals surface area (Å²) in [5.74, 6) is -1.32. The number of methoxy groups -OCH3 is 1. The number of amides is 2. The molecule has 1 unspecified atom stereocenters. The van der Waals surface area contributed by atoms with Gasteiger partial charge in [0.1, 0.15) is 0 Å². The molecule has 0 spiro atoms. The Bertz CT molecular complexity index is 671. The standard InChI is InChI=1S/C18H33N3O5S/c1-17(2)10-13(19)11-18(3,4)21(17)16(23)15(22)20(7-8-26-5)14-6-9-27(24,25)12-14/h13-14H,6-12,19H2,1-5H3. The van der Waals surface area contributed by atoms with Crippen molar-refractivity contribution in [2.45, 2.75) is 70.1 Å². The third kappa shape index (κ3) is 4.81. The van der Waals surface area contributed by atoms with E-state index in [2.05, 4.69) is 0 Å². The maximum Gasteiger partial charge on any atom is 0.313 e. The number of hydrogen-bond acceptors (Lipinski definition) is 6. The number of ether oxygens (including phenoxy) is 1. The molecule has 2 N–H and O–H groups in total. The van der Waals surface area contributed by atoms with E-state index in [1.54, 1.807) is 4.90 Å². The van der Waals surface area contributed by atoms with Gasteiger partial charge in [-0.3, -0.25) is 9.59 Å². The molecule has 0 aromatic heterocycles. The number of nitrogens with two attached hydrogens (primary N) is 1. The van der Waals surface area contributed by atoms with Gasteiger partial charge in [0.2, 0.25) is 0 Å². The Kier molecular flexibility index (Phi) is 6.28. The molecular weight excluding hydrogens is 370 g/mol. The number of nitrogens with zero attached hydrogens (tertiary/aromatic N) is 2. The van der Waals surface area contributed by atoms with Crippen LogP contribution in [-0.4, -0.2) is 85.0 Å². The average Bonchev–Trinajstić information content (AvgIpc) is 2.84. The molecule has 0 aromatic carbocycles. The van der Waals surface area contributed by atoms with E-state index in [-0.39, 0.29) is 30.7 Å². The van der Waals surface area contributed by atoms with Crippen LogP contribution in [0.25, 0.3) is 0 Å². The zero-order chi connectivity index (χ0) is 20.6. The predicted octanol–water partition coefficient (Wildman–Crippen LogP) is 0.155. The molecule has 27 heavy (non-hydrogen) atoms. The van der Waals surface area contributed by atoms with Crippen molar-refractivity contribution in [1.29, 1.82) is 0 Å². The van der Waals surface area contributed by atoms with Gasteiger partial charge in [0, 0.05) is 36.8 Å². The van der Waals surface area contributed by atoms with Crippen molar-refractivity contribution >= 4 is 21.7 Å². The first kappa shape index (κ1) is 22.1. The SMILES string of the molecule is COCCN(C(=O)C(=O)N1C(C)(C)CC(N)CC1(C)C)C1CCS(=O)(=O)C1. The molecule has 0 aliphatic carbocycles. The Labute approximate surface area is 162 Å². The zero-order valence-electron chi connectivity index (χ0n) is 17.0. The summed E-state index contributed by atoms with van der Waals surface area (Å²) in [5.41, 5.74) is 5.03. The fourth-order valence-electron chi connectivity index (χ4n) is 4.79. The highest BCUT2D eigenvalue weighted by atomic mass is 32.2. The number of sulfone groups is 1. The number of likely N-dealkylation sites (tertiary alicyclic amines) is 1. The van der Waals surface area contributed by atoms with E-state index in [0.717, 1.165) is 0 Å². The molecule has 0 radical (unpaired) electrons. The monoisotopic (exact) mass is 403 g/mol. The van der Waals surface area contributed by atoms with Crippen LogP contribution < -0.4 is 5.73 Å². The van der Waals surface area contributed by atoms with Gasteiger partial charge in [-0.2, -0.15) is 0 Å². The Morgan fingerprint density at radius 1 is 1.19 bits per heavy atom. The van der Waals surface area contributed by atoms with Gasteiger partial charge in [0.25, 0.3) is 0 Å². The van der Waals surface area contributed by atoms with Gasteiger partial charge in [-0.25, -0.2) is 8.42 Å². The molecule has 1 atom stereocenters. The van der Waals surface area contributed by atoms with Gasteiger partial charge in [-0.1, -0.05) is 0 Å². The molecule has 9 heteroatoms. The minimum absolute atomic E-state index is 0.0399. The van der Waals surface area contributed by atoms with Crippen molar-refractivity contribution < 1.29 is 22.7 Å². The third-order valence-electron chi connectivity index (χ3n) is 5.57. The maximum atomic E-state index is 13.3. The first-order valence-electron chi connectivity index (χ1n) is 9.41. The molecule has 8 nitrogen and oxygen atoms in total. The van der Waals surface area contributed by atoms with Gasteiger partial charge in [0.05, 0.1) is 18.1 Å². The number of carbonyl (C=O) groups is 2. The molecule has 2 aliphatic rings. The number of piperidine rings is 1. The van der Waals surface area contributed by atoms with Gasteiger partial charge in [-0.05, 0) is 47.0 Å². The number of rotatable bonds is 4. The zero-order valence-corrected chi connectivity index (χ0v) is 17.8. The predicted molar refractivity (Wildman–Crippen MR) is 103 cm³/mol. The highest BCUT2D eigenvalue weighted by Gasteiger charge is 2.50. The molecule has 0 aromatic rings. The summed E-state index contributed by atoms with van der Waals surface area (Å²) in [6, 6.07) is -0.529. The Morgan fingerprint density at radius 2 is 1.74 bits per heavy atom. The van der Waals surface area contributed by atoms with Gasteiger partial charge in [-0.15, -0.1) is 0 Å². The second-order valence-corrected chi connectivity index (χ2v) is 11.2. The molecule has 2 rings (SSSR count). The van der Waals surface area contributed by atoms with Crippen LogP contribution in [0.15, 0.2) is 0 Å². The van der Waals surface area contributed by atoms with Crippen molar-refractivity contribution in [2.24, 2.45) is 5.73 Å². The van der Waals surface area contributed by atoms with Gasteiger partial charge in [0.15, 0.2) is 9.84 Å². The first-order chi connectivity index (χ1) is 12.3. The number of carbonyl (C=O) groups excluding carboxylic acids is 2. The topological polar surface area (TPSA) is 110 Å². The van der Waals surface area contributed by atoms with Crippen LogP contribution in [-0.2, 0) is 24.2 Å². The summed E-state index contributed by atoms with van der Waals surface area (Å²) in [4.78, 5) is 29.4. The van der Waals surface area contributed by atoms with E-state index in [9.17, 15) is 18.0 Å². The Hall–Kier alpha value is -1.19. The molecule has 156 valence electrons. The van der Waals surface area contributed by atoms with Crippen molar-refractivity contribution in [2.75, 3.05) is 31.8 Å². The highest BCUT2D eigenvalue weighted by Crippen LogP contribution is 2.38. The van der Waals surface area contributed by atoms with E-state index in [4.69, 9.17) is 10.5 Å². The smallest absolute Gasteiger partial charge is 0.313 e. The summed E-state index contributed by atoms with van der Waals surface area (Å²) in [6.07, 6.45) is 1.55. The van der Waals surface area contributed by atoms with Crippen molar-refractivity contribution in [3.8, 4) is 0 Å². The minimum atomic E-state index is -3.18. The third-order valence-corrected chi connectivity index (χ3v) is 7.32. The van der Waals surface area contributed by atoms with E-state index in [1.165, 1.54) is 12.0 Å². The molecule has 2 heterocycles. The number of hydrogen-bond donors (Lipinski definition) is 1. The van der Waals surface area contributed by atoms with Crippen LogP contribution in [0.4, 0.5) is 0 Å². The summed E-state index contributed by atoms with van der Waals surface area (Å²) in [5, 5.41) is 0. The normalized spacial score (nSPS) is 26.7. The fraction of sp³-hybridized carbons (Fsp3) is 0.889. The van der Waals surface area contributed by atoms with Crippen LogP contribution >= 0.6 is 0 Å². The van der Waals surface area contributed by atoms with Crippen molar-refractivity contribution in [1.82, 2.24) is 9.80 Å². The quantitative estimate of drug-likeness (QED) is 0.670. The fourth-order valence-corrected chi connectivity index (χ4v) is 6.52. The van der Waals surface area contributed by atoms with E-state index >= 15 is 0 Å². The lowest BCUT2D eigenvalue weighted by Gasteiger charge is -2.54. The Morgan fingerprint density at radius 3 is 2.19 bits per heavy atom. The first-order valence-corrected chi connectivity index (χ1v) is 11.2. The minimum Gasteiger partial charge on any atom is -0.383 e. The summed E-state index contributed by atoms with van der Waals surface area (Å²) in [6.45, 7) is 8.09. The van der Waals surface area contributed by atoms with Crippen LogP contribution in [0.3, 0.4) is 0 Å². The van der Waals surface area contributed by atoms with E-state index in [1.807, 2.05) is 27.7 Å². The van der Waals surface area contributed by atoms with E-state index < -0.39 is 38.8 Å². The largest absolute Gasteiger partial charge is 0.383 e. The molecule has 0 bridgehead atoms. The van der Waals surface area contributed by atoms with Crippen LogP contribution in [0, 0.1) is 0 Å². The van der Waals surface area contributed by atoms with Crippen LogP contribution in [0.2, 0.25) is 0 Å². The van der Waals surface area contributed by atoms with Gasteiger partial charge < -0.3 is 20.3 Å². The average molecular weight is 404 g/mol. The second kappa shape index (κ2) is 7.67. The molecule has 2 aliphatic heterocycles. The Balaban J connectivity index is 2.29. The second-order valence-electron chi connectivity index (χ2n) is 8.98. The lowest BCUT2D eigenvalue weighted by molar-refractivity contribution is -0.165. The highest BCUT2D eigenvalue weighted by molar-refractivity contribution is 7.91. The molecule has 0 saturated carbocycles. The summed E-state index contributed by atoms with van der Waals surface area (Å²) in [7, 11) is -1.67. The van der Waals surface area contributed by atoms with Crippen molar-refractivity contribution in [3.05, 3.63) is 0 Å². The maximum absolute atomic E-state index is 13.3. The lowest BCUT2D eigenvalue weighted by atomic mass is 9.77. The molecular formula is C18H33N3O5S. The molecule has 2 fully saturated rings. The molecule has 2 amide bonds. The van der Waals surface area contributed by atoms with Crippen LogP contribution in [0.5, 0.6) is 0 Å². The lowest BCUT2D eigenvalue weighted by Crippen LogP contribution is -2.67.